The molecule has 0 saturated heterocycles. The van der Waals surface area contributed by atoms with Gasteiger partial charge in [0.25, 0.3) is 0 Å². The summed E-state index contributed by atoms with van der Waals surface area (Å²) in [6.07, 6.45) is 2.32. The van der Waals surface area contributed by atoms with Crippen LogP contribution in [-0.4, -0.2) is 17.6 Å². The summed E-state index contributed by atoms with van der Waals surface area (Å²) in [6, 6.07) is 6.44. The lowest BCUT2D eigenvalue weighted by Gasteiger charge is -2.14. The zero-order chi connectivity index (χ0) is 13.4. The Kier molecular flexibility index (Phi) is 6.73. The van der Waals surface area contributed by atoms with E-state index in [0.717, 1.165) is 37.6 Å². The molecule has 0 spiro atoms. The highest BCUT2D eigenvalue weighted by Gasteiger charge is 2.05. The van der Waals surface area contributed by atoms with Gasteiger partial charge in [-0.25, -0.2) is 4.98 Å². The highest BCUT2D eigenvalue weighted by Crippen LogP contribution is 2.12. The zero-order valence-corrected chi connectivity index (χ0v) is 12.1. The average Bonchev–Trinajstić information content (AvgIpc) is 2.38. The van der Waals surface area contributed by atoms with Gasteiger partial charge in [-0.2, -0.15) is 0 Å². The number of rotatable bonds is 8. The minimum absolute atomic E-state index is 0.473. The van der Waals surface area contributed by atoms with Crippen LogP contribution in [0.4, 0.5) is 0 Å². The lowest BCUT2D eigenvalue weighted by molar-refractivity contribution is 0.232. The summed E-state index contributed by atoms with van der Waals surface area (Å²) in [4.78, 5) is 4.50. The maximum atomic E-state index is 5.76. The number of aromatic nitrogens is 1. The second-order valence-corrected chi connectivity index (χ2v) is 5.00. The van der Waals surface area contributed by atoms with Crippen molar-refractivity contribution in [3.8, 4) is 5.88 Å². The third kappa shape index (κ3) is 5.50. The minimum atomic E-state index is 0.473. The Morgan fingerprint density at radius 3 is 2.56 bits per heavy atom. The Bertz CT molecular complexity index is 335. The van der Waals surface area contributed by atoms with Crippen LogP contribution in [-0.2, 0) is 6.54 Å². The Morgan fingerprint density at radius 2 is 1.94 bits per heavy atom. The van der Waals surface area contributed by atoms with Crippen LogP contribution in [0.25, 0.3) is 0 Å². The number of nitrogens with zero attached hydrogens (tertiary/aromatic N) is 1. The van der Waals surface area contributed by atoms with Crippen LogP contribution in [0.15, 0.2) is 18.2 Å². The molecule has 0 radical (unpaired) electrons. The normalized spacial score (nSPS) is 11.2. The third-order valence-corrected chi connectivity index (χ3v) is 3.09. The molecule has 3 nitrogen and oxygen atoms in total. The number of nitrogens with one attached hydrogen (secondary N) is 1. The van der Waals surface area contributed by atoms with E-state index in [1.54, 1.807) is 0 Å². The Balaban J connectivity index is 2.48. The molecule has 0 aliphatic carbocycles. The van der Waals surface area contributed by atoms with Crippen molar-refractivity contribution in [2.75, 3.05) is 6.61 Å². The van der Waals surface area contributed by atoms with Crippen LogP contribution < -0.4 is 10.1 Å². The van der Waals surface area contributed by atoms with Crippen molar-refractivity contribution < 1.29 is 4.74 Å². The van der Waals surface area contributed by atoms with Gasteiger partial charge in [0.1, 0.15) is 0 Å². The van der Waals surface area contributed by atoms with Gasteiger partial charge in [0.2, 0.25) is 5.88 Å². The molecule has 0 aliphatic rings. The maximum absolute atomic E-state index is 5.76. The summed E-state index contributed by atoms with van der Waals surface area (Å²) in [5.74, 6) is 1.37. The van der Waals surface area contributed by atoms with E-state index in [-0.39, 0.29) is 0 Å². The first-order chi connectivity index (χ1) is 8.65. The van der Waals surface area contributed by atoms with Crippen molar-refractivity contribution >= 4 is 0 Å². The lowest BCUT2D eigenvalue weighted by Crippen LogP contribution is -2.22. The minimum Gasteiger partial charge on any atom is -0.477 e. The third-order valence-electron chi connectivity index (χ3n) is 3.09. The Labute approximate surface area is 111 Å². The summed E-state index contributed by atoms with van der Waals surface area (Å²) in [5.41, 5.74) is 1.03. The van der Waals surface area contributed by atoms with Gasteiger partial charge >= 0.3 is 0 Å². The van der Waals surface area contributed by atoms with Crippen molar-refractivity contribution in [1.82, 2.24) is 10.3 Å². The summed E-state index contributed by atoms with van der Waals surface area (Å²) >= 11 is 0. The molecule has 0 unspecified atom stereocenters. The first-order valence-electron chi connectivity index (χ1n) is 6.97. The molecular weight excluding hydrogens is 224 g/mol. The van der Waals surface area contributed by atoms with Crippen molar-refractivity contribution in [2.45, 2.75) is 53.1 Å². The molecular formula is C15H26N2O. The predicted octanol–water partition coefficient (Wildman–Crippen LogP) is 3.39. The van der Waals surface area contributed by atoms with Crippen LogP contribution in [0.5, 0.6) is 5.88 Å². The van der Waals surface area contributed by atoms with Gasteiger partial charge in [-0.1, -0.05) is 46.6 Å². The van der Waals surface area contributed by atoms with Gasteiger partial charge < -0.3 is 10.1 Å². The molecule has 102 valence electrons. The van der Waals surface area contributed by atoms with E-state index < -0.39 is 0 Å². The molecule has 0 bridgehead atoms. The predicted molar refractivity (Wildman–Crippen MR) is 75.8 cm³/mol. The molecule has 3 heteroatoms. The fraction of sp³-hybridized carbons (Fsp3) is 0.667. The van der Waals surface area contributed by atoms with E-state index in [1.807, 2.05) is 18.2 Å². The molecule has 18 heavy (non-hydrogen) atoms. The molecule has 0 atom stereocenters. The summed E-state index contributed by atoms with van der Waals surface area (Å²) in [5, 5.41) is 3.36. The fourth-order valence-electron chi connectivity index (χ4n) is 1.67. The highest BCUT2D eigenvalue weighted by atomic mass is 16.5. The second kappa shape index (κ2) is 8.09. The second-order valence-electron chi connectivity index (χ2n) is 5.00. The van der Waals surface area contributed by atoms with Crippen molar-refractivity contribution in [3.05, 3.63) is 23.9 Å². The first kappa shape index (κ1) is 15.0. The number of hydrogen-bond donors (Lipinski definition) is 1. The Morgan fingerprint density at radius 1 is 1.22 bits per heavy atom. The SMILES string of the molecule is CCC(CC)COc1cccc(CNC(C)C)n1. The van der Waals surface area contributed by atoms with Crippen LogP contribution in [0.3, 0.4) is 0 Å². The monoisotopic (exact) mass is 250 g/mol. The van der Waals surface area contributed by atoms with E-state index in [9.17, 15) is 0 Å². The van der Waals surface area contributed by atoms with E-state index in [1.165, 1.54) is 0 Å². The van der Waals surface area contributed by atoms with Crippen LogP contribution in [0, 0.1) is 5.92 Å². The smallest absolute Gasteiger partial charge is 0.213 e. The van der Waals surface area contributed by atoms with Crippen molar-refractivity contribution in [2.24, 2.45) is 5.92 Å². The fourth-order valence-corrected chi connectivity index (χ4v) is 1.67. The number of pyridine rings is 1. The molecule has 0 saturated carbocycles. The lowest BCUT2D eigenvalue weighted by atomic mass is 10.1. The quantitative estimate of drug-likeness (QED) is 0.768. The average molecular weight is 250 g/mol. The molecule has 1 rings (SSSR count). The van der Waals surface area contributed by atoms with Crippen LogP contribution in [0.1, 0.15) is 46.2 Å². The van der Waals surface area contributed by atoms with Gasteiger partial charge in [0.05, 0.1) is 12.3 Å². The van der Waals surface area contributed by atoms with Gasteiger partial charge in [-0.3, -0.25) is 0 Å². The molecule has 1 heterocycles. The molecule has 0 aliphatic heterocycles. The molecule has 0 aromatic carbocycles. The zero-order valence-electron chi connectivity index (χ0n) is 12.1. The van der Waals surface area contributed by atoms with E-state index in [2.05, 4.69) is 38.0 Å². The number of hydrogen-bond acceptors (Lipinski definition) is 3. The first-order valence-corrected chi connectivity index (χ1v) is 6.97. The topological polar surface area (TPSA) is 34.1 Å². The summed E-state index contributed by atoms with van der Waals surface area (Å²) in [7, 11) is 0. The van der Waals surface area contributed by atoms with E-state index >= 15 is 0 Å². The summed E-state index contributed by atoms with van der Waals surface area (Å²) < 4.78 is 5.76. The van der Waals surface area contributed by atoms with Gasteiger partial charge in [-0.15, -0.1) is 0 Å². The van der Waals surface area contributed by atoms with Crippen molar-refractivity contribution in [1.29, 1.82) is 0 Å². The molecule has 1 N–H and O–H groups in total. The van der Waals surface area contributed by atoms with Crippen molar-refractivity contribution in [3.63, 3.8) is 0 Å². The van der Waals surface area contributed by atoms with E-state index in [0.29, 0.717) is 12.0 Å². The van der Waals surface area contributed by atoms with E-state index in [4.69, 9.17) is 4.74 Å². The molecule has 1 aromatic rings. The standard InChI is InChI=1S/C15H26N2O/c1-5-13(6-2)11-18-15-9-7-8-14(17-15)10-16-12(3)4/h7-9,12-13,16H,5-6,10-11H2,1-4H3. The van der Waals surface area contributed by atoms with Gasteiger partial charge in [0, 0.05) is 18.7 Å². The summed E-state index contributed by atoms with van der Waals surface area (Å²) in [6.45, 7) is 10.2. The number of ether oxygens (including phenoxy) is 1. The molecule has 1 aromatic heterocycles. The largest absolute Gasteiger partial charge is 0.477 e. The molecule has 0 amide bonds. The highest BCUT2D eigenvalue weighted by molar-refractivity contribution is 5.15. The molecule has 0 fully saturated rings. The van der Waals surface area contributed by atoms with Crippen LogP contribution >= 0.6 is 0 Å². The Hall–Kier alpha value is -1.09. The van der Waals surface area contributed by atoms with Gasteiger partial charge in [-0.05, 0) is 12.0 Å². The van der Waals surface area contributed by atoms with Gasteiger partial charge in [0.15, 0.2) is 0 Å². The maximum Gasteiger partial charge on any atom is 0.213 e. The van der Waals surface area contributed by atoms with Crippen LogP contribution in [0.2, 0.25) is 0 Å².